The van der Waals surface area contributed by atoms with Gasteiger partial charge in [0.25, 0.3) is 5.91 Å². The van der Waals surface area contributed by atoms with Crippen molar-refractivity contribution in [3.05, 3.63) is 46.8 Å². The Morgan fingerprint density at radius 2 is 1.71 bits per heavy atom. The van der Waals surface area contributed by atoms with Gasteiger partial charge in [-0.15, -0.1) is 0 Å². The number of amides is 1. The first-order valence-electron chi connectivity index (χ1n) is 10.9. The molecule has 0 atom stereocenters. The summed E-state index contributed by atoms with van der Waals surface area (Å²) in [7, 11) is -3.58. The average molecular weight is 447 g/mol. The number of hydrogen-bond donors (Lipinski definition) is 0. The van der Waals surface area contributed by atoms with Crippen molar-refractivity contribution in [2.24, 2.45) is 0 Å². The van der Waals surface area contributed by atoms with Crippen LogP contribution in [-0.2, 0) is 16.6 Å². The van der Waals surface area contributed by atoms with Crippen molar-refractivity contribution in [3.63, 3.8) is 0 Å². The highest BCUT2D eigenvalue weighted by molar-refractivity contribution is 7.89. The summed E-state index contributed by atoms with van der Waals surface area (Å²) in [4.78, 5) is 17.4. The lowest BCUT2D eigenvalue weighted by Gasteiger charge is -2.34. The van der Waals surface area contributed by atoms with Crippen LogP contribution in [0.2, 0.25) is 0 Å². The Labute approximate surface area is 183 Å². The lowest BCUT2D eigenvalue weighted by atomic mass is 10.1. The van der Waals surface area contributed by atoms with Crippen LogP contribution >= 0.6 is 0 Å². The van der Waals surface area contributed by atoms with Crippen LogP contribution in [0.1, 0.15) is 46.6 Å². The van der Waals surface area contributed by atoms with E-state index < -0.39 is 10.0 Å². The maximum absolute atomic E-state index is 13.2. The highest BCUT2D eigenvalue weighted by Crippen LogP contribution is 2.25. The molecule has 8 nitrogen and oxygen atoms in total. The molecule has 168 valence electrons. The van der Waals surface area contributed by atoms with Gasteiger partial charge < -0.3 is 9.42 Å². The number of rotatable bonds is 5. The van der Waals surface area contributed by atoms with E-state index in [1.54, 1.807) is 34.3 Å². The fraction of sp³-hybridized carbons (Fsp3) is 0.545. The van der Waals surface area contributed by atoms with Crippen LogP contribution in [0, 0.1) is 13.8 Å². The summed E-state index contributed by atoms with van der Waals surface area (Å²) in [5, 5.41) is 3.92. The largest absolute Gasteiger partial charge is 0.360 e. The molecule has 2 aromatic rings. The smallest absolute Gasteiger partial charge is 0.253 e. The Bertz CT molecular complexity index is 1040. The number of hydrogen-bond acceptors (Lipinski definition) is 6. The standard InChI is InChI=1S/C22H30N4O4S/c1-17-6-7-19(15-21(17)31(28,29)26-8-4-3-5-9-26)22(27)25-12-10-24(11-13-25)16-20-14-18(2)23-30-20/h6-7,14-15H,3-5,8-13,16H2,1-2H3. The summed E-state index contributed by atoms with van der Waals surface area (Å²) in [6.07, 6.45) is 2.83. The van der Waals surface area contributed by atoms with E-state index in [1.165, 1.54) is 0 Å². The summed E-state index contributed by atoms with van der Waals surface area (Å²) in [6, 6.07) is 6.96. The molecule has 2 fully saturated rings. The number of carbonyl (C=O) groups excluding carboxylic acids is 1. The van der Waals surface area contributed by atoms with Gasteiger partial charge in [-0.25, -0.2) is 8.42 Å². The summed E-state index contributed by atoms with van der Waals surface area (Å²) in [5.74, 6) is 0.702. The molecule has 4 rings (SSSR count). The number of aryl methyl sites for hydroxylation is 2. The zero-order chi connectivity index (χ0) is 22.0. The Morgan fingerprint density at radius 1 is 1.00 bits per heavy atom. The van der Waals surface area contributed by atoms with Crippen molar-refractivity contribution in [2.45, 2.75) is 44.6 Å². The van der Waals surface area contributed by atoms with E-state index in [2.05, 4.69) is 10.1 Å². The Balaban J connectivity index is 1.44. The van der Waals surface area contributed by atoms with Crippen molar-refractivity contribution in [3.8, 4) is 0 Å². The molecule has 3 heterocycles. The minimum absolute atomic E-state index is 0.120. The molecular weight excluding hydrogens is 416 g/mol. The lowest BCUT2D eigenvalue weighted by Crippen LogP contribution is -2.48. The summed E-state index contributed by atoms with van der Waals surface area (Å²) in [6.45, 7) is 8.10. The van der Waals surface area contributed by atoms with Crippen molar-refractivity contribution >= 4 is 15.9 Å². The van der Waals surface area contributed by atoms with Crippen LogP contribution in [0.25, 0.3) is 0 Å². The molecule has 0 radical (unpaired) electrons. The molecule has 31 heavy (non-hydrogen) atoms. The van der Waals surface area contributed by atoms with Gasteiger partial charge in [-0.2, -0.15) is 4.31 Å². The van der Waals surface area contributed by atoms with E-state index in [-0.39, 0.29) is 10.8 Å². The molecule has 0 unspecified atom stereocenters. The fourth-order valence-electron chi connectivity index (χ4n) is 4.26. The van der Waals surface area contributed by atoms with Crippen LogP contribution in [0.3, 0.4) is 0 Å². The van der Waals surface area contributed by atoms with Crippen LogP contribution in [-0.4, -0.2) is 72.9 Å². The summed E-state index contributed by atoms with van der Waals surface area (Å²) in [5.41, 5.74) is 1.97. The maximum Gasteiger partial charge on any atom is 0.253 e. The third kappa shape index (κ3) is 4.83. The molecule has 2 aliphatic rings. The van der Waals surface area contributed by atoms with E-state index in [0.29, 0.717) is 43.9 Å². The van der Waals surface area contributed by atoms with Gasteiger partial charge in [-0.1, -0.05) is 17.6 Å². The molecule has 0 N–H and O–H groups in total. The topological polar surface area (TPSA) is 87.0 Å². The summed E-state index contributed by atoms with van der Waals surface area (Å²) < 4.78 is 33.2. The average Bonchev–Trinajstić information content (AvgIpc) is 3.19. The first kappa shape index (κ1) is 22.0. The van der Waals surface area contributed by atoms with Gasteiger partial charge in [0.15, 0.2) is 5.76 Å². The third-order valence-electron chi connectivity index (χ3n) is 6.08. The quantitative estimate of drug-likeness (QED) is 0.701. The van der Waals surface area contributed by atoms with Crippen LogP contribution < -0.4 is 0 Å². The van der Waals surface area contributed by atoms with Crippen LogP contribution in [0.5, 0.6) is 0 Å². The third-order valence-corrected chi connectivity index (χ3v) is 8.12. The molecule has 0 saturated carbocycles. The van der Waals surface area contributed by atoms with E-state index in [9.17, 15) is 13.2 Å². The van der Waals surface area contributed by atoms with E-state index in [0.717, 1.165) is 43.8 Å². The van der Waals surface area contributed by atoms with E-state index in [4.69, 9.17) is 4.52 Å². The number of benzene rings is 1. The molecule has 1 amide bonds. The predicted octanol–water partition coefficient (Wildman–Crippen LogP) is 2.42. The maximum atomic E-state index is 13.2. The Hall–Kier alpha value is -2.23. The highest BCUT2D eigenvalue weighted by Gasteiger charge is 2.29. The SMILES string of the molecule is Cc1cc(CN2CCN(C(=O)c3ccc(C)c(S(=O)(=O)N4CCCCC4)c3)CC2)on1. The Morgan fingerprint density at radius 3 is 2.35 bits per heavy atom. The Kier molecular flexibility index (Phi) is 6.45. The van der Waals surface area contributed by atoms with E-state index in [1.807, 2.05) is 13.0 Å². The van der Waals surface area contributed by atoms with Crippen LogP contribution in [0.4, 0.5) is 0 Å². The second-order valence-corrected chi connectivity index (χ2v) is 10.4. The number of nitrogens with zero attached hydrogens (tertiary/aromatic N) is 4. The van der Waals surface area contributed by atoms with Gasteiger partial charge >= 0.3 is 0 Å². The van der Waals surface area contributed by atoms with Gasteiger partial charge in [0.2, 0.25) is 10.0 Å². The minimum atomic E-state index is -3.58. The molecule has 2 aliphatic heterocycles. The molecule has 1 aromatic carbocycles. The van der Waals surface area contributed by atoms with Gasteiger partial charge in [0.05, 0.1) is 17.1 Å². The van der Waals surface area contributed by atoms with E-state index >= 15 is 0 Å². The van der Waals surface area contributed by atoms with Gasteiger partial charge in [0.1, 0.15) is 0 Å². The predicted molar refractivity (Wildman–Crippen MR) is 116 cm³/mol. The number of carbonyl (C=O) groups is 1. The normalized spacial score (nSPS) is 19.0. The minimum Gasteiger partial charge on any atom is -0.360 e. The first-order valence-corrected chi connectivity index (χ1v) is 12.3. The van der Waals surface area contributed by atoms with Gasteiger partial charge in [-0.05, 0) is 44.4 Å². The molecule has 9 heteroatoms. The second kappa shape index (κ2) is 9.10. The zero-order valence-electron chi connectivity index (χ0n) is 18.2. The van der Waals surface area contributed by atoms with Gasteiger partial charge in [-0.3, -0.25) is 9.69 Å². The number of sulfonamides is 1. The molecule has 0 aliphatic carbocycles. The zero-order valence-corrected chi connectivity index (χ0v) is 19.0. The highest BCUT2D eigenvalue weighted by atomic mass is 32.2. The molecule has 2 saturated heterocycles. The second-order valence-electron chi connectivity index (χ2n) is 8.45. The fourth-order valence-corrected chi connectivity index (χ4v) is 6.03. The molecule has 1 aromatic heterocycles. The van der Waals surface area contributed by atoms with Crippen molar-refractivity contribution in [1.82, 2.24) is 19.3 Å². The lowest BCUT2D eigenvalue weighted by molar-refractivity contribution is 0.0617. The van der Waals surface area contributed by atoms with Crippen molar-refractivity contribution < 1.29 is 17.7 Å². The van der Waals surface area contributed by atoms with Crippen molar-refractivity contribution in [2.75, 3.05) is 39.3 Å². The molecule has 0 spiro atoms. The molecular formula is C22H30N4O4S. The number of aromatic nitrogens is 1. The van der Waals surface area contributed by atoms with Gasteiger partial charge in [0, 0.05) is 50.9 Å². The monoisotopic (exact) mass is 446 g/mol. The van der Waals surface area contributed by atoms with Crippen molar-refractivity contribution in [1.29, 1.82) is 0 Å². The number of piperidine rings is 1. The first-order chi connectivity index (χ1) is 14.8. The van der Waals surface area contributed by atoms with Crippen LogP contribution in [0.15, 0.2) is 33.7 Å². The number of piperazine rings is 1. The summed E-state index contributed by atoms with van der Waals surface area (Å²) >= 11 is 0. The molecule has 0 bridgehead atoms.